The van der Waals surface area contributed by atoms with Crippen molar-refractivity contribution in [2.45, 2.75) is 49.7 Å². The summed E-state index contributed by atoms with van der Waals surface area (Å²) in [6, 6.07) is 11.5. The minimum Gasteiger partial charge on any atom is -0.388 e. The van der Waals surface area contributed by atoms with Gasteiger partial charge in [0.1, 0.15) is 0 Å². The Morgan fingerprint density at radius 3 is 2.55 bits per heavy atom. The second kappa shape index (κ2) is 6.50. The smallest absolute Gasteiger partial charge is 0.0869 e. The number of benzene rings is 1. The normalized spacial score (nSPS) is 34.2. The van der Waals surface area contributed by atoms with Crippen LogP contribution < -0.4 is 5.32 Å². The minimum atomic E-state index is -0.444. The van der Waals surface area contributed by atoms with Gasteiger partial charge < -0.3 is 10.4 Å². The van der Waals surface area contributed by atoms with Crippen LogP contribution in [0.5, 0.6) is 0 Å². The number of thioether (sulfide) groups is 1. The highest BCUT2D eigenvalue weighted by Gasteiger charge is 2.32. The zero-order valence-electron chi connectivity index (χ0n) is 12.1. The van der Waals surface area contributed by atoms with Gasteiger partial charge in [0.15, 0.2) is 0 Å². The van der Waals surface area contributed by atoms with Gasteiger partial charge in [-0.3, -0.25) is 0 Å². The van der Waals surface area contributed by atoms with E-state index in [9.17, 15) is 5.11 Å². The average molecular weight is 291 g/mol. The fourth-order valence-electron chi connectivity index (χ4n) is 3.43. The molecule has 1 aromatic rings. The van der Waals surface area contributed by atoms with Crippen LogP contribution in [0.4, 0.5) is 0 Å². The third-order valence-corrected chi connectivity index (χ3v) is 6.03. The molecule has 0 amide bonds. The van der Waals surface area contributed by atoms with Gasteiger partial charge in [-0.05, 0) is 49.3 Å². The summed E-state index contributed by atoms with van der Waals surface area (Å²) in [5.74, 6) is 2.75. The van der Waals surface area contributed by atoms with Crippen molar-refractivity contribution < 1.29 is 5.11 Å². The van der Waals surface area contributed by atoms with Gasteiger partial charge in [0.05, 0.1) is 5.60 Å². The highest BCUT2D eigenvalue weighted by Crippen LogP contribution is 2.33. The second-order valence-corrected chi connectivity index (χ2v) is 7.47. The summed E-state index contributed by atoms with van der Waals surface area (Å²) in [4.78, 5) is 0. The highest BCUT2D eigenvalue weighted by atomic mass is 32.2. The van der Waals surface area contributed by atoms with Crippen molar-refractivity contribution in [2.24, 2.45) is 0 Å². The number of aliphatic hydroxyl groups is 1. The molecule has 1 aliphatic heterocycles. The van der Waals surface area contributed by atoms with Gasteiger partial charge in [-0.1, -0.05) is 30.3 Å². The van der Waals surface area contributed by atoms with Crippen molar-refractivity contribution in [1.29, 1.82) is 0 Å². The molecule has 1 saturated heterocycles. The van der Waals surface area contributed by atoms with Gasteiger partial charge >= 0.3 is 0 Å². The number of nitrogens with one attached hydrogen (secondary N) is 1. The summed E-state index contributed by atoms with van der Waals surface area (Å²) in [7, 11) is 0. The lowest BCUT2D eigenvalue weighted by Crippen LogP contribution is -2.45. The summed E-state index contributed by atoms with van der Waals surface area (Å²) < 4.78 is 0. The first-order valence-electron chi connectivity index (χ1n) is 7.84. The first-order chi connectivity index (χ1) is 9.75. The highest BCUT2D eigenvalue weighted by molar-refractivity contribution is 7.99. The van der Waals surface area contributed by atoms with Crippen LogP contribution in [0.25, 0.3) is 0 Å². The van der Waals surface area contributed by atoms with E-state index in [1.165, 1.54) is 31.2 Å². The Kier molecular flexibility index (Phi) is 4.69. The lowest BCUT2D eigenvalue weighted by molar-refractivity contribution is 0.0626. The summed E-state index contributed by atoms with van der Waals surface area (Å²) in [5.41, 5.74) is 1.05. The summed E-state index contributed by atoms with van der Waals surface area (Å²) >= 11 is 1.88. The van der Waals surface area contributed by atoms with Gasteiger partial charge in [0, 0.05) is 18.3 Å². The maximum Gasteiger partial charge on any atom is 0.0869 e. The molecule has 0 radical (unpaired) electrons. The van der Waals surface area contributed by atoms with Gasteiger partial charge in [0.25, 0.3) is 0 Å². The fourth-order valence-corrected chi connectivity index (χ4v) is 4.72. The van der Waals surface area contributed by atoms with Gasteiger partial charge in [-0.15, -0.1) is 0 Å². The molecule has 0 bridgehead atoms. The topological polar surface area (TPSA) is 32.3 Å². The molecule has 1 heterocycles. The van der Waals surface area contributed by atoms with Crippen LogP contribution in [0.3, 0.4) is 0 Å². The molecule has 1 atom stereocenters. The lowest BCUT2D eigenvalue weighted by atomic mass is 9.81. The van der Waals surface area contributed by atoms with E-state index < -0.39 is 5.60 Å². The number of rotatable bonds is 4. The van der Waals surface area contributed by atoms with E-state index in [0.29, 0.717) is 6.04 Å². The molecule has 1 saturated carbocycles. The molecule has 110 valence electrons. The van der Waals surface area contributed by atoms with Crippen molar-refractivity contribution in [3.05, 3.63) is 35.9 Å². The lowest BCUT2D eigenvalue weighted by Gasteiger charge is -2.32. The standard InChI is InChI=1S/C17H25NOS/c19-17(10-11-20-13-17)12-18-16-8-6-15(7-9-16)14-4-2-1-3-5-14/h1-5,15-16,18-19H,6-13H2. The van der Waals surface area contributed by atoms with Crippen molar-refractivity contribution in [1.82, 2.24) is 5.32 Å². The van der Waals surface area contributed by atoms with Crippen molar-refractivity contribution in [2.75, 3.05) is 18.1 Å². The molecule has 0 spiro atoms. The molecule has 0 aromatic heterocycles. The molecule has 2 fully saturated rings. The predicted molar refractivity (Wildman–Crippen MR) is 86.3 cm³/mol. The first-order valence-corrected chi connectivity index (χ1v) is 8.99. The maximum atomic E-state index is 10.4. The Bertz CT molecular complexity index is 408. The fraction of sp³-hybridized carbons (Fsp3) is 0.647. The van der Waals surface area contributed by atoms with Gasteiger partial charge in [-0.2, -0.15) is 11.8 Å². The summed E-state index contributed by atoms with van der Waals surface area (Å²) in [6.07, 6.45) is 5.97. The van der Waals surface area contributed by atoms with E-state index in [1.54, 1.807) is 0 Å². The van der Waals surface area contributed by atoms with Crippen molar-refractivity contribution in [3.8, 4) is 0 Å². The van der Waals surface area contributed by atoms with Crippen molar-refractivity contribution in [3.63, 3.8) is 0 Å². The van der Waals surface area contributed by atoms with E-state index in [-0.39, 0.29) is 0 Å². The Morgan fingerprint density at radius 2 is 1.90 bits per heavy atom. The summed E-state index contributed by atoms with van der Waals surface area (Å²) in [5, 5.41) is 14.0. The van der Waals surface area contributed by atoms with Crippen LogP contribution in [0, 0.1) is 0 Å². The second-order valence-electron chi connectivity index (χ2n) is 6.37. The van der Waals surface area contributed by atoms with Crippen LogP contribution in [0.15, 0.2) is 30.3 Å². The Balaban J connectivity index is 1.44. The molecule has 2 nitrogen and oxygen atoms in total. The van der Waals surface area contributed by atoms with Gasteiger partial charge in [-0.25, -0.2) is 0 Å². The third-order valence-electron chi connectivity index (χ3n) is 4.80. The average Bonchev–Trinajstić information content (AvgIpc) is 2.94. The maximum absolute atomic E-state index is 10.4. The Morgan fingerprint density at radius 1 is 1.15 bits per heavy atom. The zero-order chi connectivity index (χ0) is 13.8. The molecule has 1 aliphatic carbocycles. The molecule has 20 heavy (non-hydrogen) atoms. The number of hydrogen-bond donors (Lipinski definition) is 2. The molecule has 3 heteroatoms. The van der Waals surface area contributed by atoms with E-state index in [4.69, 9.17) is 0 Å². The summed E-state index contributed by atoms with van der Waals surface area (Å²) in [6.45, 7) is 0.778. The molecule has 2 aliphatic rings. The quantitative estimate of drug-likeness (QED) is 0.893. The largest absolute Gasteiger partial charge is 0.388 e. The Labute approximate surface area is 126 Å². The van der Waals surface area contributed by atoms with E-state index in [0.717, 1.165) is 30.4 Å². The first kappa shape index (κ1) is 14.4. The predicted octanol–water partition coefficient (Wildman–Crippen LogP) is 3.17. The molecular weight excluding hydrogens is 266 g/mol. The van der Waals surface area contributed by atoms with E-state index >= 15 is 0 Å². The van der Waals surface area contributed by atoms with Gasteiger partial charge in [0.2, 0.25) is 0 Å². The van der Waals surface area contributed by atoms with Crippen LogP contribution in [0.1, 0.15) is 43.6 Å². The van der Waals surface area contributed by atoms with Crippen LogP contribution >= 0.6 is 11.8 Å². The monoisotopic (exact) mass is 291 g/mol. The van der Waals surface area contributed by atoms with Crippen LogP contribution in [-0.2, 0) is 0 Å². The molecule has 1 aromatic carbocycles. The molecule has 3 rings (SSSR count). The van der Waals surface area contributed by atoms with E-state index in [2.05, 4.69) is 35.6 Å². The number of hydrogen-bond acceptors (Lipinski definition) is 3. The zero-order valence-corrected chi connectivity index (χ0v) is 12.9. The van der Waals surface area contributed by atoms with Crippen LogP contribution in [-0.4, -0.2) is 34.8 Å². The minimum absolute atomic E-state index is 0.444. The molecule has 2 N–H and O–H groups in total. The Hall–Kier alpha value is -0.510. The van der Waals surface area contributed by atoms with Crippen LogP contribution in [0.2, 0.25) is 0 Å². The van der Waals surface area contributed by atoms with E-state index in [1.807, 2.05) is 11.8 Å². The SMILES string of the molecule is OC1(CNC2CCC(c3ccccc3)CC2)CCSC1. The molecule has 1 unspecified atom stereocenters. The third kappa shape index (κ3) is 3.57. The van der Waals surface area contributed by atoms with Crippen molar-refractivity contribution >= 4 is 11.8 Å². The molecular formula is C17H25NOS.